The van der Waals surface area contributed by atoms with E-state index in [4.69, 9.17) is 16.3 Å². The van der Waals surface area contributed by atoms with Crippen LogP contribution in [0.25, 0.3) is 0 Å². The van der Waals surface area contributed by atoms with Gasteiger partial charge in [-0.15, -0.1) is 0 Å². The van der Waals surface area contributed by atoms with Gasteiger partial charge in [-0.2, -0.15) is 0 Å². The number of nitrogens with one attached hydrogen (secondary N) is 2. The molecule has 1 aromatic heterocycles. The Bertz CT molecular complexity index is 993. The Morgan fingerprint density at radius 3 is 2.68 bits per heavy atom. The van der Waals surface area contributed by atoms with Crippen LogP contribution in [0.15, 0.2) is 54.7 Å². The van der Waals surface area contributed by atoms with E-state index in [9.17, 15) is 9.18 Å². The van der Waals surface area contributed by atoms with E-state index in [1.807, 2.05) is 13.0 Å². The van der Waals surface area contributed by atoms with Crippen molar-refractivity contribution in [3.05, 3.63) is 82.4 Å². The zero-order valence-electron chi connectivity index (χ0n) is 15.4. The molecule has 7 heteroatoms. The Hall–Kier alpha value is -3.12. The van der Waals surface area contributed by atoms with E-state index >= 15 is 0 Å². The minimum Gasteiger partial charge on any atom is -0.495 e. The molecule has 0 bridgehead atoms. The number of ether oxygens (including phenoxy) is 1. The van der Waals surface area contributed by atoms with E-state index in [0.29, 0.717) is 22.0 Å². The summed E-state index contributed by atoms with van der Waals surface area (Å²) < 4.78 is 19.0. The summed E-state index contributed by atoms with van der Waals surface area (Å²) in [5.41, 5.74) is 2.98. The van der Waals surface area contributed by atoms with Gasteiger partial charge in [0.15, 0.2) is 0 Å². The number of pyridine rings is 1. The average Bonchev–Trinajstić information content (AvgIpc) is 2.70. The van der Waals surface area contributed by atoms with Crippen molar-refractivity contribution in [2.24, 2.45) is 0 Å². The lowest BCUT2D eigenvalue weighted by atomic mass is 10.2. The summed E-state index contributed by atoms with van der Waals surface area (Å²) in [5.74, 6) is -0.139. The molecule has 0 atom stereocenters. The lowest BCUT2D eigenvalue weighted by Crippen LogP contribution is -2.24. The normalized spacial score (nSPS) is 10.4. The molecule has 0 aliphatic rings. The van der Waals surface area contributed by atoms with E-state index in [-0.39, 0.29) is 24.0 Å². The van der Waals surface area contributed by atoms with E-state index in [1.165, 1.54) is 6.07 Å². The SMILES string of the molecule is COc1cc(Cl)c(C)cc1Nc1ccc(C(=O)NCc2ccccc2F)nc1. The van der Waals surface area contributed by atoms with Crippen LogP contribution >= 0.6 is 11.6 Å². The fraction of sp³-hybridized carbons (Fsp3) is 0.143. The number of amides is 1. The Labute approximate surface area is 167 Å². The third kappa shape index (κ3) is 4.58. The topological polar surface area (TPSA) is 63.2 Å². The van der Waals surface area contributed by atoms with Gasteiger partial charge in [-0.05, 0) is 36.8 Å². The fourth-order valence-electron chi connectivity index (χ4n) is 2.60. The first kappa shape index (κ1) is 19.6. The highest BCUT2D eigenvalue weighted by atomic mass is 35.5. The number of carbonyl (C=O) groups excluding carboxylic acids is 1. The predicted octanol–water partition coefficient (Wildman–Crippen LogP) is 4.86. The van der Waals surface area contributed by atoms with E-state index in [1.54, 1.807) is 49.7 Å². The van der Waals surface area contributed by atoms with Crippen molar-refractivity contribution in [1.82, 2.24) is 10.3 Å². The molecular formula is C21H19ClFN3O2. The third-order valence-electron chi connectivity index (χ3n) is 4.15. The Balaban J connectivity index is 1.67. The van der Waals surface area contributed by atoms with Crippen LogP contribution in [0.2, 0.25) is 5.02 Å². The monoisotopic (exact) mass is 399 g/mol. The van der Waals surface area contributed by atoms with Crippen molar-refractivity contribution < 1.29 is 13.9 Å². The lowest BCUT2D eigenvalue weighted by Gasteiger charge is -2.13. The maximum absolute atomic E-state index is 13.6. The van der Waals surface area contributed by atoms with Crippen LogP contribution in [0.3, 0.4) is 0 Å². The molecule has 3 aromatic rings. The van der Waals surface area contributed by atoms with Gasteiger partial charge in [0.05, 0.1) is 24.7 Å². The first-order valence-electron chi connectivity index (χ1n) is 8.56. The summed E-state index contributed by atoms with van der Waals surface area (Å²) in [4.78, 5) is 16.4. The second kappa shape index (κ2) is 8.71. The van der Waals surface area contributed by atoms with Crippen molar-refractivity contribution in [2.75, 3.05) is 12.4 Å². The molecule has 28 heavy (non-hydrogen) atoms. The number of aryl methyl sites for hydroxylation is 1. The number of nitrogens with zero attached hydrogens (tertiary/aromatic N) is 1. The highest BCUT2D eigenvalue weighted by molar-refractivity contribution is 6.31. The first-order valence-corrected chi connectivity index (χ1v) is 8.94. The molecule has 1 amide bonds. The van der Waals surface area contributed by atoms with Crippen molar-refractivity contribution >= 4 is 28.9 Å². The highest BCUT2D eigenvalue weighted by Gasteiger charge is 2.10. The fourth-order valence-corrected chi connectivity index (χ4v) is 2.75. The van der Waals surface area contributed by atoms with Crippen LogP contribution in [0.5, 0.6) is 5.75 Å². The van der Waals surface area contributed by atoms with Gasteiger partial charge in [0.2, 0.25) is 0 Å². The van der Waals surface area contributed by atoms with E-state index < -0.39 is 0 Å². The van der Waals surface area contributed by atoms with Gasteiger partial charge in [-0.1, -0.05) is 29.8 Å². The summed E-state index contributed by atoms with van der Waals surface area (Å²) in [7, 11) is 1.56. The zero-order valence-corrected chi connectivity index (χ0v) is 16.2. The predicted molar refractivity (Wildman–Crippen MR) is 108 cm³/mol. The van der Waals surface area contributed by atoms with Gasteiger partial charge in [-0.3, -0.25) is 4.79 Å². The molecule has 1 heterocycles. The van der Waals surface area contributed by atoms with E-state index in [2.05, 4.69) is 15.6 Å². The molecule has 0 saturated heterocycles. The second-order valence-corrected chi connectivity index (χ2v) is 6.54. The highest BCUT2D eigenvalue weighted by Crippen LogP contribution is 2.32. The van der Waals surface area contributed by atoms with E-state index in [0.717, 1.165) is 11.3 Å². The maximum atomic E-state index is 13.6. The van der Waals surface area contributed by atoms with Crippen molar-refractivity contribution in [3.63, 3.8) is 0 Å². The van der Waals surface area contributed by atoms with Crippen LogP contribution in [0.4, 0.5) is 15.8 Å². The summed E-state index contributed by atoms with van der Waals surface area (Å²) in [6.07, 6.45) is 1.54. The molecule has 0 aliphatic carbocycles. The largest absolute Gasteiger partial charge is 0.495 e. The molecular weight excluding hydrogens is 381 g/mol. The second-order valence-electron chi connectivity index (χ2n) is 6.13. The minimum absolute atomic E-state index is 0.0917. The van der Waals surface area contributed by atoms with Gasteiger partial charge in [0.25, 0.3) is 5.91 Å². The quantitative estimate of drug-likeness (QED) is 0.621. The number of halogens is 2. The summed E-state index contributed by atoms with van der Waals surface area (Å²) >= 11 is 6.12. The van der Waals surface area contributed by atoms with Crippen LogP contribution < -0.4 is 15.4 Å². The molecule has 3 rings (SSSR count). The third-order valence-corrected chi connectivity index (χ3v) is 4.56. The number of methoxy groups -OCH3 is 1. The van der Waals surface area contributed by atoms with Gasteiger partial charge < -0.3 is 15.4 Å². The Morgan fingerprint density at radius 2 is 2.00 bits per heavy atom. The van der Waals surface area contributed by atoms with Gasteiger partial charge in [0.1, 0.15) is 17.3 Å². The number of hydrogen-bond donors (Lipinski definition) is 2. The molecule has 0 aliphatic heterocycles. The first-order chi connectivity index (χ1) is 13.5. The van der Waals surface area contributed by atoms with Crippen molar-refractivity contribution in [1.29, 1.82) is 0 Å². The molecule has 0 spiro atoms. The summed E-state index contributed by atoms with van der Waals surface area (Å²) in [6.45, 7) is 1.99. The lowest BCUT2D eigenvalue weighted by molar-refractivity contribution is 0.0945. The molecule has 5 nitrogen and oxygen atoms in total. The van der Waals surface area contributed by atoms with Gasteiger partial charge in [-0.25, -0.2) is 9.37 Å². The van der Waals surface area contributed by atoms with Crippen LogP contribution in [0, 0.1) is 12.7 Å². The minimum atomic E-state index is -0.380. The van der Waals surface area contributed by atoms with Gasteiger partial charge in [0, 0.05) is 23.2 Å². The number of carbonyl (C=O) groups is 1. The van der Waals surface area contributed by atoms with Crippen LogP contribution in [-0.2, 0) is 6.54 Å². The average molecular weight is 400 g/mol. The molecule has 0 unspecified atom stereocenters. The van der Waals surface area contributed by atoms with Gasteiger partial charge >= 0.3 is 0 Å². The number of rotatable bonds is 6. The maximum Gasteiger partial charge on any atom is 0.270 e. The Morgan fingerprint density at radius 1 is 1.21 bits per heavy atom. The molecule has 0 radical (unpaired) electrons. The number of anilines is 2. The van der Waals surface area contributed by atoms with Crippen molar-refractivity contribution in [3.8, 4) is 5.75 Å². The molecule has 2 N–H and O–H groups in total. The summed E-state index contributed by atoms with van der Waals surface area (Å²) in [5, 5.41) is 6.47. The smallest absolute Gasteiger partial charge is 0.270 e. The molecule has 0 fully saturated rings. The molecule has 2 aromatic carbocycles. The molecule has 0 saturated carbocycles. The zero-order chi connectivity index (χ0) is 20.1. The number of aromatic nitrogens is 1. The van der Waals surface area contributed by atoms with Crippen molar-refractivity contribution in [2.45, 2.75) is 13.5 Å². The number of benzene rings is 2. The standard InChI is InChI=1S/C21H19ClFN3O2/c1-13-9-19(20(28-2)10-16(13)22)26-15-7-8-18(24-12-15)21(27)25-11-14-5-3-4-6-17(14)23/h3-10,12,26H,11H2,1-2H3,(H,25,27). The van der Waals surface area contributed by atoms with Crippen LogP contribution in [0.1, 0.15) is 21.6 Å². The van der Waals surface area contributed by atoms with Crippen LogP contribution in [-0.4, -0.2) is 18.0 Å². The number of hydrogen-bond acceptors (Lipinski definition) is 4. The summed E-state index contributed by atoms with van der Waals surface area (Å²) in [6, 6.07) is 13.2. The Kier molecular flexibility index (Phi) is 6.11. The molecule has 144 valence electrons.